The van der Waals surface area contributed by atoms with Crippen LogP contribution in [0.2, 0.25) is 0 Å². The summed E-state index contributed by atoms with van der Waals surface area (Å²) in [5.74, 6) is 0.615. The molecule has 0 aromatic carbocycles. The van der Waals surface area contributed by atoms with Crippen LogP contribution in [0.15, 0.2) is 0 Å². The molecule has 162 valence electrons. The molecular weight excluding hydrogens is 332 g/mol. The van der Waals surface area contributed by atoms with E-state index in [2.05, 4.69) is 13.8 Å². The smallest absolute Gasteiger partial charge is 0.160 e. The van der Waals surface area contributed by atoms with Gasteiger partial charge in [-0.3, -0.25) is 0 Å². The van der Waals surface area contributed by atoms with E-state index in [0.717, 1.165) is 13.2 Å². The number of unbranched alkanes of at least 4 members (excludes halogenated alkanes) is 16. The van der Waals surface area contributed by atoms with Crippen LogP contribution in [0.1, 0.15) is 136 Å². The largest absolute Gasteiger partial charge is 0.350 e. The van der Waals surface area contributed by atoms with Gasteiger partial charge in [0.25, 0.3) is 0 Å². The summed E-state index contributed by atoms with van der Waals surface area (Å²) < 4.78 is 11.3. The van der Waals surface area contributed by atoms with Crippen molar-refractivity contribution < 1.29 is 9.47 Å². The number of ether oxygens (including phenoxy) is 2. The SMILES string of the molecule is CCCCCCCCCCCCCCCCCCCC(CC)C1OCCO1. The van der Waals surface area contributed by atoms with Crippen LogP contribution in [-0.2, 0) is 9.47 Å². The summed E-state index contributed by atoms with van der Waals surface area (Å²) in [4.78, 5) is 0. The topological polar surface area (TPSA) is 18.5 Å². The lowest BCUT2D eigenvalue weighted by atomic mass is 9.97. The van der Waals surface area contributed by atoms with Crippen molar-refractivity contribution in [3.05, 3.63) is 0 Å². The molecule has 1 unspecified atom stereocenters. The molecule has 0 saturated carbocycles. The number of hydrogen-bond acceptors (Lipinski definition) is 2. The molecule has 0 aromatic rings. The molecule has 0 radical (unpaired) electrons. The maximum atomic E-state index is 5.67. The van der Waals surface area contributed by atoms with Crippen LogP contribution >= 0.6 is 0 Å². The Balaban J connectivity index is 1.73. The van der Waals surface area contributed by atoms with Gasteiger partial charge in [0.2, 0.25) is 0 Å². The third kappa shape index (κ3) is 14.6. The molecule has 1 rings (SSSR count). The molecule has 0 aromatic heterocycles. The fraction of sp³-hybridized carbons (Fsp3) is 1.00. The van der Waals surface area contributed by atoms with Crippen LogP contribution in [0.25, 0.3) is 0 Å². The average Bonchev–Trinajstić information content (AvgIpc) is 3.22. The van der Waals surface area contributed by atoms with E-state index in [1.807, 2.05) is 0 Å². The minimum atomic E-state index is 0.0936. The van der Waals surface area contributed by atoms with Gasteiger partial charge in [0.1, 0.15) is 0 Å². The van der Waals surface area contributed by atoms with E-state index in [-0.39, 0.29) is 6.29 Å². The highest BCUT2D eigenvalue weighted by Crippen LogP contribution is 2.24. The average molecular weight is 383 g/mol. The van der Waals surface area contributed by atoms with E-state index in [1.54, 1.807) is 0 Å². The van der Waals surface area contributed by atoms with Gasteiger partial charge in [0.15, 0.2) is 6.29 Å². The Morgan fingerprint density at radius 2 is 0.926 bits per heavy atom. The molecular formula is C25H50O2. The monoisotopic (exact) mass is 382 g/mol. The van der Waals surface area contributed by atoms with Gasteiger partial charge in [-0.15, -0.1) is 0 Å². The molecule has 2 heteroatoms. The van der Waals surface area contributed by atoms with Crippen molar-refractivity contribution in [2.24, 2.45) is 5.92 Å². The van der Waals surface area contributed by atoms with Gasteiger partial charge in [-0.25, -0.2) is 0 Å². The Hall–Kier alpha value is -0.0800. The molecule has 0 bridgehead atoms. The normalized spacial score (nSPS) is 16.2. The number of hydrogen-bond donors (Lipinski definition) is 0. The zero-order valence-corrected chi connectivity index (χ0v) is 18.8. The lowest BCUT2D eigenvalue weighted by molar-refractivity contribution is -0.0868. The van der Waals surface area contributed by atoms with Crippen LogP contribution in [0.4, 0.5) is 0 Å². The summed E-state index contributed by atoms with van der Waals surface area (Å²) in [6.45, 7) is 6.15. The summed E-state index contributed by atoms with van der Waals surface area (Å²) in [6, 6.07) is 0. The van der Waals surface area contributed by atoms with Crippen molar-refractivity contribution in [2.75, 3.05) is 13.2 Å². The quantitative estimate of drug-likeness (QED) is 0.197. The Kier molecular flexibility index (Phi) is 17.8. The van der Waals surface area contributed by atoms with Crippen molar-refractivity contribution in [3.63, 3.8) is 0 Å². The highest BCUT2D eigenvalue weighted by atomic mass is 16.7. The fourth-order valence-corrected chi connectivity index (χ4v) is 4.31. The molecule has 0 N–H and O–H groups in total. The second kappa shape index (κ2) is 19.2. The predicted molar refractivity (Wildman–Crippen MR) is 118 cm³/mol. The van der Waals surface area contributed by atoms with Gasteiger partial charge >= 0.3 is 0 Å². The summed E-state index contributed by atoms with van der Waals surface area (Å²) in [5, 5.41) is 0. The van der Waals surface area contributed by atoms with E-state index in [0.29, 0.717) is 5.92 Å². The van der Waals surface area contributed by atoms with Gasteiger partial charge in [0, 0.05) is 5.92 Å². The maximum absolute atomic E-state index is 5.67. The third-order valence-corrected chi connectivity index (χ3v) is 6.24. The molecule has 1 heterocycles. The van der Waals surface area contributed by atoms with Crippen molar-refractivity contribution >= 4 is 0 Å². The lowest BCUT2D eigenvalue weighted by Crippen LogP contribution is -2.20. The molecule has 1 aliphatic rings. The van der Waals surface area contributed by atoms with Gasteiger partial charge in [-0.05, 0) is 12.8 Å². The highest BCUT2D eigenvalue weighted by Gasteiger charge is 2.24. The van der Waals surface area contributed by atoms with Crippen LogP contribution < -0.4 is 0 Å². The zero-order valence-electron chi connectivity index (χ0n) is 18.8. The van der Waals surface area contributed by atoms with E-state index in [4.69, 9.17) is 9.47 Å². The van der Waals surface area contributed by atoms with Crippen LogP contribution in [-0.4, -0.2) is 19.5 Å². The first kappa shape index (κ1) is 25.0. The van der Waals surface area contributed by atoms with E-state index >= 15 is 0 Å². The van der Waals surface area contributed by atoms with Gasteiger partial charge in [-0.1, -0.05) is 123 Å². The predicted octanol–water partition coefficient (Wildman–Crippen LogP) is 8.43. The molecule has 1 aliphatic heterocycles. The molecule has 0 spiro atoms. The Labute approximate surface area is 171 Å². The van der Waals surface area contributed by atoms with Gasteiger partial charge < -0.3 is 9.47 Å². The Morgan fingerprint density at radius 1 is 0.556 bits per heavy atom. The molecule has 1 fully saturated rings. The van der Waals surface area contributed by atoms with Crippen molar-refractivity contribution in [3.8, 4) is 0 Å². The summed E-state index contributed by atoms with van der Waals surface area (Å²) in [5.41, 5.74) is 0. The maximum Gasteiger partial charge on any atom is 0.160 e. The van der Waals surface area contributed by atoms with Crippen LogP contribution in [0.5, 0.6) is 0 Å². The van der Waals surface area contributed by atoms with Gasteiger partial charge in [-0.2, -0.15) is 0 Å². The second-order valence-corrected chi connectivity index (χ2v) is 8.72. The zero-order chi connectivity index (χ0) is 19.4. The Morgan fingerprint density at radius 3 is 1.30 bits per heavy atom. The van der Waals surface area contributed by atoms with E-state index < -0.39 is 0 Å². The molecule has 2 nitrogen and oxygen atoms in total. The first-order chi connectivity index (χ1) is 13.4. The minimum Gasteiger partial charge on any atom is -0.350 e. The molecule has 1 atom stereocenters. The molecule has 0 aliphatic carbocycles. The summed E-state index contributed by atoms with van der Waals surface area (Å²) in [7, 11) is 0. The fourth-order valence-electron chi connectivity index (χ4n) is 4.31. The minimum absolute atomic E-state index is 0.0936. The number of rotatable bonds is 20. The van der Waals surface area contributed by atoms with Crippen molar-refractivity contribution in [2.45, 2.75) is 142 Å². The van der Waals surface area contributed by atoms with Crippen molar-refractivity contribution in [1.82, 2.24) is 0 Å². The van der Waals surface area contributed by atoms with Gasteiger partial charge in [0.05, 0.1) is 13.2 Å². The van der Waals surface area contributed by atoms with E-state index in [9.17, 15) is 0 Å². The Bertz CT molecular complexity index is 286. The third-order valence-electron chi connectivity index (χ3n) is 6.24. The molecule has 1 saturated heterocycles. The van der Waals surface area contributed by atoms with Crippen molar-refractivity contribution in [1.29, 1.82) is 0 Å². The second-order valence-electron chi connectivity index (χ2n) is 8.72. The lowest BCUT2D eigenvalue weighted by Gasteiger charge is -2.20. The standard InChI is InChI=1S/C25H50O2/c1-3-5-6-7-8-9-10-11-12-13-14-15-16-17-18-19-20-21-24(4-2)25-26-22-23-27-25/h24-25H,3-23H2,1-2H3. The summed E-state index contributed by atoms with van der Waals surface area (Å²) >= 11 is 0. The van der Waals surface area contributed by atoms with Crippen LogP contribution in [0.3, 0.4) is 0 Å². The summed E-state index contributed by atoms with van der Waals surface area (Å²) in [6.07, 6.45) is 27.1. The van der Waals surface area contributed by atoms with Crippen LogP contribution in [0, 0.1) is 5.92 Å². The first-order valence-corrected chi connectivity index (χ1v) is 12.6. The molecule has 0 amide bonds. The van der Waals surface area contributed by atoms with E-state index in [1.165, 1.54) is 122 Å². The first-order valence-electron chi connectivity index (χ1n) is 12.6. The molecule has 27 heavy (non-hydrogen) atoms. The highest BCUT2D eigenvalue weighted by molar-refractivity contribution is 4.65.